The summed E-state index contributed by atoms with van der Waals surface area (Å²) >= 11 is 1.41. The third-order valence-corrected chi connectivity index (χ3v) is 4.89. The van der Waals surface area contributed by atoms with Crippen molar-refractivity contribution < 1.29 is 9.53 Å². The molecule has 1 saturated carbocycles. The number of carbonyl (C=O) groups is 1. The number of thioether (sulfide) groups is 1. The zero-order chi connectivity index (χ0) is 17.8. The monoisotopic (exact) mass is 366 g/mol. The van der Waals surface area contributed by atoms with E-state index >= 15 is 0 Å². The number of ether oxygens (including phenoxy) is 1. The summed E-state index contributed by atoms with van der Waals surface area (Å²) in [6, 6.07) is 17.4. The Balaban J connectivity index is 1.29. The highest BCUT2D eigenvalue weighted by Crippen LogP contribution is 2.37. The fourth-order valence-electron chi connectivity index (χ4n) is 2.50. The summed E-state index contributed by atoms with van der Waals surface area (Å²) in [5.74, 6) is 1.73. The number of benzene rings is 2. The first-order valence-electron chi connectivity index (χ1n) is 8.43. The van der Waals surface area contributed by atoms with Gasteiger partial charge in [-0.15, -0.1) is 10.2 Å². The fourth-order valence-corrected chi connectivity index (χ4v) is 3.28. The molecule has 0 unspecified atom stereocenters. The van der Waals surface area contributed by atoms with Crippen LogP contribution in [0.3, 0.4) is 0 Å². The van der Waals surface area contributed by atoms with Gasteiger partial charge >= 0.3 is 0 Å². The third kappa shape index (κ3) is 4.23. The van der Waals surface area contributed by atoms with E-state index in [-0.39, 0.29) is 5.91 Å². The van der Waals surface area contributed by atoms with Crippen LogP contribution in [0.1, 0.15) is 18.9 Å². The number of hydrogen-bond acceptors (Lipinski definition) is 5. The molecule has 132 valence electrons. The van der Waals surface area contributed by atoms with Gasteiger partial charge in [0.15, 0.2) is 5.16 Å². The second-order valence-corrected chi connectivity index (χ2v) is 6.97. The van der Waals surface area contributed by atoms with Crippen LogP contribution < -0.4 is 10.1 Å². The predicted octanol–water partition coefficient (Wildman–Crippen LogP) is 4.14. The van der Waals surface area contributed by atoms with E-state index in [9.17, 15) is 4.79 Å². The second-order valence-electron chi connectivity index (χ2n) is 6.03. The Bertz CT molecular complexity index is 876. The highest BCUT2D eigenvalue weighted by atomic mass is 32.2. The number of rotatable bonds is 7. The van der Waals surface area contributed by atoms with Crippen molar-refractivity contribution in [1.29, 1.82) is 0 Å². The van der Waals surface area contributed by atoms with Crippen molar-refractivity contribution in [3.63, 3.8) is 0 Å². The van der Waals surface area contributed by atoms with Crippen LogP contribution >= 0.6 is 11.8 Å². The minimum absolute atomic E-state index is 0.0722. The smallest absolute Gasteiger partial charge is 0.234 e. The first-order valence-corrected chi connectivity index (χ1v) is 9.41. The molecule has 4 rings (SSSR count). The van der Waals surface area contributed by atoms with Crippen molar-refractivity contribution in [1.82, 2.24) is 14.8 Å². The van der Waals surface area contributed by atoms with Crippen LogP contribution in [0.25, 0.3) is 0 Å². The van der Waals surface area contributed by atoms with E-state index in [1.165, 1.54) is 11.8 Å². The van der Waals surface area contributed by atoms with Gasteiger partial charge in [-0.3, -0.25) is 4.79 Å². The number of amides is 1. The van der Waals surface area contributed by atoms with E-state index in [1.807, 2.05) is 59.2 Å². The lowest BCUT2D eigenvalue weighted by atomic mass is 10.3. The van der Waals surface area contributed by atoms with Crippen molar-refractivity contribution >= 4 is 23.4 Å². The van der Waals surface area contributed by atoms with Crippen molar-refractivity contribution in [3.8, 4) is 11.5 Å². The fraction of sp³-hybridized carbons (Fsp3) is 0.211. The predicted molar refractivity (Wildman–Crippen MR) is 101 cm³/mol. The van der Waals surface area contributed by atoms with Crippen molar-refractivity contribution in [3.05, 3.63) is 60.9 Å². The van der Waals surface area contributed by atoms with E-state index in [0.717, 1.165) is 35.2 Å². The maximum Gasteiger partial charge on any atom is 0.234 e. The maximum absolute atomic E-state index is 12.2. The zero-order valence-corrected chi connectivity index (χ0v) is 14.9. The maximum atomic E-state index is 12.2. The number of anilines is 1. The Morgan fingerprint density at radius 3 is 2.58 bits per heavy atom. The summed E-state index contributed by atoms with van der Waals surface area (Å²) in [7, 11) is 0. The van der Waals surface area contributed by atoms with Crippen LogP contribution in [0.2, 0.25) is 0 Å². The summed E-state index contributed by atoms with van der Waals surface area (Å²) in [6.07, 6.45) is 4.06. The molecule has 26 heavy (non-hydrogen) atoms. The molecule has 0 atom stereocenters. The molecule has 1 N–H and O–H groups in total. The molecule has 0 spiro atoms. The lowest BCUT2D eigenvalue weighted by Gasteiger charge is -2.08. The van der Waals surface area contributed by atoms with Crippen LogP contribution in [-0.4, -0.2) is 26.4 Å². The van der Waals surface area contributed by atoms with Gasteiger partial charge in [-0.05, 0) is 49.2 Å². The van der Waals surface area contributed by atoms with Crippen LogP contribution in [0.4, 0.5) is 5.69 Å². The van der Waals surface area contributed by atoms with Crippen molar-refractivity contribution in [2.24, 2.45) is 0 Å². The number of para-hydroxylation sites is 1. The van der Waals surface area contributed by atoms with Gasteiger partial charge in [-0.25, -0.2) is 0 Å². The molecule has 1 heterocycles. The topological polar surface area (TPSA) is 69.0 Å². The average Bonchev–Trinajstić information content (AvgIpc) is 3.40. The van der Waals surface area contributed by atoms with Gasteiger partial charge in [0.1, 0.15) is 17.8 Å². The van der Waals surface area contributed by atoms with Crippen molar-refractivity contribution in [2.75, 3.05) is 11.1 Å². The van der Waals surface area contributed by atoms with Gasteiger partial charge in [-0.2, -0.15) is 0 Å². The quantitative estimate of drug-likeness (QED) is 0.637. The minimum atomic E-state index is -0.0722. The van der Waals surface area contributed by atoms with Gasteiger partial charge in [-0.1, -0.05) is 30.0 Å². The van der Waals surface area contributed by atoms with E-state index in [0.29, 0.717) is 11.8 Å². The summed E-state index contributed by atoms with van der Waals surface area (Å²) in [6.45, 7) is 0. The van der Waals surface area contributed by atoms with Gasteiger partial charge in [0, 0.05) is 11.7 Å². The van der Waals surface area contributed by atoms with Crippen LogP contribution in [-0.2, 0) is 4.79 Å². The molecule has 0 radical (unpaired) electrons. The molecule has 0 aliphatic heterocycles. The average molecular weight is 366 g/mol. The molecule has 1 aromatic heterocycles. The third-order valence-electron chi connectivity index (χ3n) is 3.93. The number of nitrogens with one attached hydrogen (secondary N) is 1. The number of aromatic nitrogens is 3. The Morgan fingerprint density at radius 2 is 1.85 bits per heavy atom. The molecule has 2 aromatic carbocycles. The van der Waals surface area contributed by atoms with Gasteiger partial charge in [0.2, 0.25) is 5.91 Å². The number of hydrogen-bond donors (Lipinski definition) is 1. The molecule has 1 aliphatic rings. The molecular weight excluding hydrogens is 348 g/mol. The molecular formula is C19H18N4O2S. The normalized spacial score (nSPS) is 13.4. The molecule has 1 fully saturated rings. The highest BCUT2D eigenvalue weighted by molar-refractivity contribution is 7.99. The molecule has 3 aromatic rings. The molecule has 6 nitrogen and oxygen atoms in total. The van der Waals surface area contributed by atoms with Crippen LogP contribution in [0.5, 0.6) is 11.5 Å². The lowest BCUT2D eigenvalue weighted by molar-refractivity contribution is -0.113. The SMILES string of the molecule is O=C(CSc1nncn1C1CC1)Nc1ccc(Oc2ccccc2)cc1. The zero-order valence-electron chi connectivity index (χ0n) is 14.0. The van der Waals surface area contributed by atoms with Gasteiger partial charge in [0.25, 0.3) is 0 Å². The lowest BCUT2D eigenvalue weighted by Crippen LogP contribution is -2.14. The molecule has 7 heteroatoms. The summed E-state index contributed by atoms with van der Waals surface area (Å²) in [4.78, 5) is 12.2. The summed E-state index contributed by atoms with van der Waals surface area (Å²) in [5.41, 5.74) is 0.736. The van der Waals surface area contributed by atoms with Crippen LogP contribution in [0.15, 0.2) is 66.1 Å². The summed E-state index contributed by atoms with van der Waals surface area (Å²) in [5, 5.41) is 11.7. The van der Waals surface area contributed by atoms with Crippen LogP contribution in [0, 0.1) is 0 Å². The van der Waals surface area contributed by atoms with E-state index in [2.05, 4.69) is 15.5 Å². The second kappa shape index (κ2) is 7.61. The number of carbonyl (C=O) groups excluding carboxylic acids is 1. The minimum Gasteiger partial charge on any atom is -0.457 e. The van der Waals surface area contributed by atoms with Gasteiger partial charge in [0.05, 0.1) is 5.75 Å². The Morgan fingerprint density at radius 1 is 1.12 bits per heavy atom. The largest absolute Gasteiger partial charge is 0.457 e. The molecule has 0 saturated heterocycles. The summed E-state index contributed by atoms with van der Waals surface area (Å²) < 4.78 is 7.79. The molecule has 1 aliphatic carbocycles. The Hall–Kier alpha value is -2.80. The first-order chi connectivity index (χ1) is 12.8. The Kier molecular flexibility index (Phi) is 4.88. The Labute approximate surface area is 155 Å². The standard InChI is InChI=1S/C19H18N4O2S/c24-18(12-26-19-22-20-13-23(19)15-8-9-15)21-14-6-10-17(11-7-14)25-16-4-2-1-3-5-16/h1-7,10-11,13,15H,8-9,12H2,(H,21,24). The number of nitrogens with zero attached hydrogens (tertiary/aromatic N) is 3. The van der Waals surface area contributed by atoms with Crippen molar-refractivity contribution in [2.45, 2.75) is 24.0 Å². The van der Waals surface area contributed by atoms with E-state index < -0.39 is 0 Å². The van der Waals surface area contributed by atoms with Gasteiger partial charge < -0.3 is 14.6 Å². The van der Waals surface area contributed by atoms with E-state index in [1.54, 1.807) is 6.33 Å². The first kappa shape index (κ1) is 16.7. The molecule has 1 amide bonds. The highest BCUT2D eigenvalue weighted by Gasteiger charge is 2.26. The molecule has 0 bridgehead atoms. The van der Waals surface area contributed by atoms with E-state index in [4.69, 9.17) is 4.74 Å².